The van der Waals surface area contributed by atoms with E-state index < -0.39 is 6.04 Å². The number of benzene rings is 3. The molecule has 1 aliphatic carbocycles. The number of carbonyl (C=O) groups is 1. The lowest BCUT2D eigenvalue weighted by atomic mass is 9.86. The molecule has 1 fully saturated rings. The van der Waals surface area contributed by atoms with Gasteiger partial charge >= 0.3 is 0 Å². The quantitative estimate of drug-likeness (QED) is 0.198. The van der Waals surface area contributed by atoms with Crippen LogP contribution in [0.4, 0.5) is 17.3 Å². The minimum absolute atomic E-state index is 0.0909. The number of nitrogens with one attached hydrogen (secondary N) is 3. The third-order valence-electron chi connectivity index (χ3n) is 8.58. The van der Waals surface area contributed by atoms with Crippen LogP contribution in [0.1, 0.15) is 46.8 Å². The Kier molecular flexibility index (Phi) is 7.62. The summed E-state index contributed by atoms with van der Waals surface area (Å²) in [6.45, 7) is 3.98. The minimum Gasteiger partial charge on any atom is -0.381 e. The van der Waals surface area contributed by atoms with Crippen molar-refractivity contribution in [2.24, 2.45) is 0 Å². The molecule has 0 radical (unpaired) electrons. The number of halogens is 1. The Bertz CT molecular complexity index is 1930. The number of hydrogen-bond acceptors (Lipinski definition) is 7. The zero-order valence-electron chi connectivity index (χ0n) is 24.4. The zero-order chi connectivity index (χ0) is 30.2. The van der Waals surface area contributed by atoms with Crippen LogP contribution in [0.3, 0.4) is 0 Å². The molecule has 3 aromatic carbocycles. The summed E-state index contributed by atoms with van der Waals surface area (Å²) < 4.78 is 1.55. The minimum atomic E-state index is -0.702. The lowest BCUT2D eigenvalue weighted by Crippen LogP contribution is -2.38. The van der Waals surface area contributed by atoms with E-state index in [1.807, 2.05) is 73.7 Å². The Morgan fingerprint density at radius 2 is 1.75 bits per heavy atom. The van der Waals surface area contributed by atoms with Crippen molar-refractivity contribution in [3.63, 3.8) is 0 Å². The maximum absolute atomic E-state index is 14.3. The Morgan fingerprint density at radius 1 is 0.932 bits per heavy atom. The molecular formula is C35H33ClN6O2. The fourth-order valence-electron chi connectivity index (χ4n) is 6.32. The van der Waals surface area contributed by atoms with Gasteiger partial charge in [0.05, 0.1) is 0 Å². The van der Waals surface area contributed by atoms with E-state index >= 15 is 0 Å². The van der Waals surface area contributed by atoms with Crippen LogP contribution in [-0.2, 0) is 6.42 Å². The first-order valence-electron chi connectivity index (χ1n) is 15.1. The van der Waals surface area contributed by atoms with Crippen LogP contribution < -0.4 is 21.5 Å². The highest BCUT2D eigenvalue weighted by atomic mass is 35.5. The maximum Gasteiger partial charge on any atom is 0.260 e. The Balaban J connectivity index is 1.28. The number of rotatable bonds is 6. The third-order valence-corrected chi connectivity index (χ3v) is 8.89. The number of ketones is 1. The van der Waals surface area contributed by atoms with E-state index in [9.17, 15) is 9.59 Å². The number of aryl methyl sites for hydroxylation is 2. The van der Waals surface area contributed by atoms with Crippen molar-refractivity contribution >= 4 is 45.7 Å². The molecule has 2 unspecified atom stereocenters. The molecule has 0 amide bonds. The third kappa shape index (κ3) is 5.47. The van der Waals surface area contributed by atoms with Gasteiger partial charge in [0, 0.05) is 57.3 Å². The van der Waals surface area contributed by atoms with Gasteiger partial charge in [-0.25, -0.2) is 4.98 Å². The Morgan fingerprint density at radius 3 is 2.55 bits per heavy atom. The van der Waals surface area contributed by atoms with E-state index in [0.29, 0.717) is 57.6 Å². The second-order valence-electron chi connectivity index (χ2n) is 11.7. The molecule has 7 rings (SSSR count). The first kappa shape index (κ1) is 28.3. The number of anilines is 3. The highest BCUT2D eigenvalue weighted by molar-refractivity contribution is 6.33. The molecule has 3 N–H and O–H groups in total. The molecule has 9 heteroatoms. The molecule has 44 heavy (non-hydrogen) atoms. The fraction of sp³-hybridized carbons (Fsp3) is 0.257. The van der Waals surface area contributed by atoms with Gasteiger partial charge in [0.1, 0.15) is 11.7 Å². The predicted octanol–water partition coefficient (Wildman–Crippen LogP) is 6.70. The van der Waals surface area contributed by atoms with Crippen LogP contribution in [0.15, 0.2) is 83.8 Å². The maximum atomic E-state index is 14.3. The summed E-state index contributed by atoms with van der Waals surface area (Å²) in [5.74, 6) is 0.249. The van der Waals surface area contributed by atoms with Crippen LogP contribution >= 0.6 is 11.6 Å². The molecule has 222 valence electrons. The predicted molar refractivity (Wildman–Crippen MR) is 176 cm³/mol. The monoisotopic (exact) mass is 604 g/mol. The smallest absolute Gasteiger partial charge is 0.260 e. The average molecular weight is 605 g/mol. The number of Topliss-reactive ketones (excluding diaryl/α,β-unsaturated/α-hetero) is 1. The number of nitrogens with zero attached hydrogens (tertiary/aromatic N) is 3. The van der Waals surface area contributed by atoms with Crippen molar-refractivity contribution in [2.75, 3.05) is 23.7 Å². The molecule has 8 nitrogen and oxygen atoms in total. The molecule has 2 aromatic heterocycles. The first-order valence-corrected chi connectivity index (χ1v) is 15.5. The van der Waals surface area contributed by atoms with Crippen molar-refractivity contribution < 1.29 is 4.79 Å². The highest BCUT2D eigenvalue weighted by Crippen LogP contribution is 2.33. The van der Waals surface area contributed by atoms with Crippen molar-refractivity contribution in [1.82, 2.24) is 19.9 Å². The second kappa shape index (κ2) is 11.9. The molecule has 5 aromatic rings. The van der Waals surface area contributed by atoms with E-state index in [4.69, 9.17) is 16.6 Å². The van der Waals surface area contributed by atoms with Crippen molar-refractivity contribution in [3.8, 4) is 11.1 Å². The molecule has 0 saturated carbocycles. The summed E-state index contributed by atoms with van der Waals surface area (Å²) in [5.41, 5.74) is 5.63. The molecule has 1 aliphatic heterocycles. The van der Waals surface area contributed by atoms with Gasteiger partial charge in [-0.3, -0.25) is 14.2 Å². The molecule has 3 heterocycles. The summed E-state index contributed by atoms with van der Waals surface area (Å²) in [7, 11) is 0. The molecule has 2 atom stereocenters. The topological polar surface area (TPSA) is 101 Å². The fourth-order valence-corrected chi connectivity index (χ4v) is 6.66. The van der Waals surface area contributed by atoms with E-state index in [-0.39, 0.29) is 11.3 Å². The number of carbonyl (C=O) groups excluding carboxylic acids is 1. The lowest BCUT2D eigenvalue weighted by molar-refractivity contribution is 0.0908. The Hall–Kier alpha value is -4.53. The zero-order valence-corrected chi connectivity index (χ0v) is 25.2. The van der Waals surface area contributed by atoms with Crippen LogP contribution in [-0.4, -0.2) is 39.4 Å². The number of piperidine rings is 1. The van der Waals surface area contributed by atoms with E-state index in [1.54, 1.807) is 16.8 Å². The molecular weight excluding hydrogens is 572 g/mol. The van der Waals surface area contributed by atoms with Gasteiger partial charge in [0.25, 0.3) is 5.56 Å². The van der Waals surface area contributed by atoms with E-state index in [0.717, 1.165) is 42.0 Å². The van der Waals surface area contributed by atoms with Gasteiger partial charge in [-0.2, -0.15) is 4.98 Å². The molecule has 0 bridgehead atoms. The SMILES string of the molecule is Cc1ccc(-c2cc3cnc(Nc4ccc(NC5CCCNC5)cc4)nc3n(C3CCc4ccccc4C3=O)c2=O)c(Cl)c1. The summed E-state index contributed by atoms with van der Waals surface area (Å²) in [6, 6.07) is 22.7. The molecule has 1 saturated heterocycles. The summed E-state index contributed by atoms with van der Waals surface area (Å²) in [6.07, 6.45) is 5.18. The van der Waals surface area contributed by atoms with E-state index in [1.165, 1.54) is 6.42 Å². The number of fused-ring (bicyclic) bond motifs is 2. The van der Waals surface area contributed by atoms with Crippen LogP contribution in [0.5, 0.6) is 0 Å². The van der Waals surface area contributed by atoms with Crippen molar-refractivity contribution in [2.45, 2.75) is 44.7 Å². The summed E-state index contributed by atoms with van der Waals surface area (Å²) >= 11 is 6.64. The standard InChI is InChI=1S/C35H33ClN6O2/c1-21-8-14-28(30(36)17-21)29-18-23-19-38-35(40-25-12-10-24(11-13-25)39-26-6-4-16-37-20-26)41-33(23)42(34(29)44)31-15-9-22-5-2-3-7-27(22)32(31)43/h2-3,5,7-8,10-14,17-19,26,31,37,39H,4,6,9,15-16,20H2,1H3,(H,38,40,41). The van der Waals surface area contributed by atoms with Gasteiger partial charge < -0.3 is 16.0 Å². The normalized spacial score (nSPS) is 18.2. The second-order valence-corrected chi connectivity index (χ2v) is 12.1. The Labute approximate surface area is 260 Å². The number of hydrogen-bond donors (Lipinski definition) is 3. The van der Waals surface area contributed by atoms with Gasteiger partial charge in [0.2, 0.25) is 5.95 Å². The van der Waals surface area contributed by atoms with Gasteiger partial charge in [-0.15, -0.1) is 0 Å². The number of aromatic nitrogens is 3. The van der Waals surface area contributed by atoms with Crippen LogP contribution in [0.2, 0.25) is 5.02 Å². The number of pyridine rings is 1. The van der Waals surface area contributed by atoms with Gasteiger partial charge in [0.15, 0.2) is 5.78 Å². The molecule has 0 spiro atoms. The van der Waals surface area contributed by atoms with Gasteiger partial charge in [-0.05, 0) is 86.7 Å². The summed E-state index contributed by atoms with van der Waals surface area (Å²) in [4.78, 5) is 37.6. The van der Waals surface area contributed by atoms with Gasteiger partial charge in [-0.1, -0.05) is 48.0 Å². The highest BCUT2D eigenvalue weighted by Gasteiger charge is 2.31. The van der Waals surface area contributed by atoms with Crippen molar-refractivity contribution in [3.05, 3.63) is 111 Å². The first-order chi connectivity index (χ1) is 21.4. The molecule has 2 aliphatic rings. The lowest BCUT2D eigenvalue weighted by Gasteiger charge is -2.26. The van der Waals surface area contributed by atoms with Crippen LogP contribution in [0.25, 0.3) is 22.2 Å². The average Bonchev–Trinajstić information content (AvgIpc) is 3.03. The largest absolute Gasteiger partial charge is 0.381 e. The van der Waals surface area contributed by atoms with E-state index in [2.05, 4.69) is 20.9 Å². The van der Waals surface area contributed by atoms with Crippen molar-refractivity contribution in [1.29, 1.82) is 0 Å². The van der Waals surface area contributed by atoms with Crippen LogP contribution in [0, 0.1) is 6.92 Å². The summed E-state index contributed by atoms with van der Waals surface area (Å²) in [5, 5.41) is 11.4.